The summed E-state index contributed by atoms with van der Waals surface area (Å²) >= 11 is 3.40. The number of carbonyl (C=O) groups excluding carboxylic acids is 3. The highest BCUT2D eigenvalue weighted by atomic mass is 79.9. The first-order chi connectivity index (χ1) is 13.9. The second-order valence-corrected chi connectivity index (χ2v) is 6.77. The molecule has 0 spiro atoms. The van der Waals surface area contributed by atoms with E-state index in [1.807, 2.05) is 0 Å². The van der Waals surface area contributed by atoms with E-state index in [-0.39, 0.29) is 18.7 Å². The molecule has 9 heteroatoms. The fraction of sp³-hybridized carbons (Fsp3) is 0.150. The molecule has 1 aromatic carbocycles. The van der Waals surface area contributed by atoms with Gasteiger partial charge in [0.1, 0.15) is 17.9 Å². The Bertz CT molecular complexity index is 997. The van der Waals surface area contributed by atoms with E-state index in [1.54, 1.807) is 30.3 Å². The lowest BCUT2D eigenvalue weighted by Crippen LogP contribution is -2.53. The lowest BCUT2D eigenvalue weighted by atomic mass is 10.1. The summed E-state index contributed by atoms with van der Waals surface area (Å²) in [6.07, 6.45) is 4.41. The van der Waals surface area contributed by atoms with Gasteiger partial charge < -0.3 is 13.9 Å². The number of methoxy groups -OCH3 is 1. The van der Waals surface area contributed by atoms with Crippen LogP contribution >= 0.6 is 15.9 Å². The molecule has 3 rings (SSSR count). The fourth-order valence-electron chi connectivity index (χ4n) is 2.63. The van der Waals surface area contributed by atoms with Crippen LogP contribution in [-0.4, -0.2) is 36.5 Å². The van der Waals surface area contributed by atoms with E-state index < -0.39 is 17.8 Å². The molecule has 1 aromatic heterocycles. The Balaban J connectivity index is 1.95. The van der Waals surface area contributed by atoms with E-state index in [9.17, 15) is 14.4 Å². The topological polar surface area (TPSA) is 98.1 Å². The third kappa shape index (κ3) is 4.40. The summed E-state index contributed by atoms with van der Waals surface area (Å²) in [5, 5.41) is 2.16. The number of carbonyl (C=O) groups is 3. The van der Waals surface area contributed by atoms with E-state index in [0.29, 0.717) is 27.3 Å². The van der Waals surface area contributed by atoms with E-state index in [4.69, 9.17) is 13.9 Å². The molecule has 1 aliphatic rings. The first-order valence-corrected chi connectivity index (χ1v) is 9.26. The number of benzene rings is 1. The number of hydrogen-bond donors (Lipinski definition) is 1. The predicted octanol–water partition coefficient (Wildman–Crippen LogP) is 3.28. The smallest absolute Gasteiger partial charge is 0.331 e. The minimum absolute atomic E-state index is 0.0961. The largest absolute Gasteiger partial charge is 0.493 e. The Morgan fingerprint density at radius 2 is 2.07 bits per heavy atom. The van der Waals surface area contributed by atoms with Crippen molar-refractivity contribution in [2.24, 2.45) is 0 Å². The summed E-state index contributed by atoms with van der Waals surface area (Å²) in [6, 6.07) is 5.74. The summed E-state index contributed by atoms with van der Waals surface area (Å²) in [6.45, 7) is 3.79. The molecule has 2 aromatic rings. The molecule has 0 saturated carbocycles. The number of nitrogens with one attached hydrogen (secondary N) is 1. The lowest BCUT2D eigenvalue weighted by molar-refractivity contribution is -0.130. The molecule has 150 valence electrons. The summed E-state index contributed by atoms with van der Waals surface area (Å²) in [5.74, 6) is -0.222. The molecule has 8 nitrogen and oxygen atoms in total. The van der Waals surface area contributed by atoms with Crippen molar-refractivity contribution in [2.75, 3.05) is 13.7 Å². The molecule has 1 N–H and O–H groups in total. The van der Waals surface area contributed by atoms with E-state index in [1.165, 1.54) is 19.4 Å². The summed E-state index contributed by atoms with van der Waals surface area (Å²) in [5.41, 5.74) is 0.303. The first-order valence-electron chi connectivity index (χ1n) is 8.47. The van der Waals surface area contributed by atoms with E-state index >= 15 is 0 Å². The molecular weight excluding hydrogens is 444 g/mol. The Kier molecular flexibility index (Phi) is 6.18. The zero-order valence-corrected chi connectivity index (χ0v) is 17.0. The zero-order valence-electron chi connectivity index (χ0n) is 15.4. The number of hydrogen-bond acceptors (Lipinski definition) is 6. The number of amides is 4. The molecule has 0 bridgehead atoms. The third-order valence-electron chi connectivity index (χ3n) is 4.02. The van der Waals surface area contributed by atoms with Crippen LogP contribution in [0, 0.1) is 0 Å². The van der Waals surface area contributed by atoms with Crippen LogP contribution in [0.2, 0.25) is 0 Å². The normalized spacial score (nSPS) is 15.4. The van der Waals surface area contributed by atoms with Crippen molar-refractivity contribution in [1.82, 2.24) is 10.2 Å². The highest BCUT2D eigenvalue weighted by Crippen LogP contribution is 2.35. The number of imide groups is 2. The summed E-state index contributed by atoms with van der Waals surface area (Å²) < 4.78 is 16.6. The van der Waals surface area contributed by atoms with E-state index in [0.717, 1.165) is 4.90 Å². The predicted molar refractivity (Wildman–Crippen MR) is 107 cm³/mol. The van der Waals surface area contributed by atoms with Gasteiger partial charge in [-0.15, -0.1) is 0 Å². The number of barbiturate groups is 1. The standard InChI is InChI=1S/C20H17BrN2O6/c1-3-6-29-17-10-15(21)12(9-16(17)27-2)8-14-18(24)22-20(26)23(19(14)25)11-13-5-4-7-28-13/h3-5,7-10H,1,6,11H2,2H3,(H,22,24,26)/b14-8+. The van der Waals surface area contributed by atoms with Crippen LogP contribution in [0.25, 0.3) is 6.08 Å². The Morgan fingerprint density at radius 3 is 2.72 bits per heavy atom. The summed E-state index contributed by atoms with van der Waals surface area (Å²) in [7, 11) is 1.48. The molecule has 0 unspecified atom stereocenters. The molecule has 0 aliphatic carbocycles. The van der Waals surface area contributed by atoms with Gasteiger partial charge in [0.25, 0.3) is 11.8 Å². The Morgan fingerprint density at radius 1 is 1.28 bits per heavy atom. The van der Waals surface area contributed by atoms with Crippen molar-refractivity contribution < 1.29 is 28.3 Å². The average Bonchev–Trinajstić information content (AvgIpc) is 3.21. The van der Waals surface area contributed by atoms with Gasteiger partial charge in [-0.2, -0.15) is 0 Å². The van der Waals surface area contributed by atoms with Crippen LogP contribution in [0.5, 0.6) is 11.5 Å². The van der Waals surface area contributed by atoms with Crippen LogP contribution in [0.3, 0.4) is 0 Å². The van der Waals surface area contributed by atoms with Gasteiger partial charge in [-0.25, -0.2) is 4.79 Å². The second kappa shape index (κ2) is 8.78. The molecule has 0 radical (unpaired) electrons. The fourth-order valence-corrected chi connectivity index (χ4v) is 3.07. The number of nitrogens with zero attached hydrogens (tertiary/aromatic N) is 1. The highest BCUT2D eigenvalue weighted by molar-refractivity contribution is 9.10. The maximum Gasteiger partial charge on any atom is 0.331 e. The van der Waals surface area contributed by atoms with Crippen molar-refractivity contribution in [3.63, 3.8) is 0 Å². The zero-order chi connectivity index (χ0) is 21.0. The molecule has 1 fully saturated rings. The van der Waals surface area contributed by atoms with Crippen molar-refractivity contribution in [2.45, 2.75) is 6.54 Å². The third-order valence-corrected chi connectivity index (χ3v) is 4.71. The minimum Gasteiger partial charge on any atom is -0.493 e. The van der Waals surface area contributed by atoms with Crippen LogP contribution < -0.4 is 14.8 Å². The lowest BCUT2D eigenvalue weighted by Gasteiger charge is -2.25. The summed E-state index contributed by atoms with van der Waals surface area (Å²) in [4.78, 5) is 38.1. The molecule has 0 atom stereocenters. The van der Waals surface area contributed by atoms with E-state index in [2.05, 4.69) is 27.8 Å². The minimum atomic E-state index is -0.807. The number of rotatable bonds is 7. The van der Waals surface area contributed by atoms with Gasteiger partial charge >= 0.3 is 6.03 Å². The quantitative estimate of drug-likeness (QED) is 0.386. The number of halogens is 1. The van der Waals surface area contributed by atoms with Crippen LogP contribution in [0.15, 0.2) is 57.6 Å². The van der Waals surface area contributed by atoms with Crippen LogP contribution in [-0.2, 0) is 16.1 Å². The van der Waals surface area contributed by atoms with Crippen molar-refractivity contribution >= 4 is 39.9 Å². The van der Waals surface area contributed by atoms with Gasteiger partial charge in [0.2, 0.25) is 0 Å². The molecule has 2 heterocycles. The molecule has 1 aliphatic heterocycles. The van der Waals surface area contributed by atoms with Gasteiger partial charge in [-0.3, -0.25) is 19.8 Å². The monoisotopic (exact) mass is 460 g/mol. The first kappa shape index (κ1) is 20.4. The van der Waals surface area contributed by atoms with Crippen molar-refractivity contribution in [3.8, 4) is 11.5 Å². The molecular formula is C20H17BrN2O6. The van der Waals surface area contributed by atoms with Gasteiger partial charge in [0, 0.05) is 4.47 Å². The number of ether oxygens (including phenoxy) is 2. The van der Waals surface area contributed by atoms with Crippen LogP contribution in [0.1, 0.15) is 11.3 Å². The Labute approximate surface area is 174 Å². The van der Waals surface area contributed by atoms with Crippen molar-refractivity contribution in [3.05, 3.63) is 64.6 Å². The van der Waals surface area contributed by atoms with Gasteiger partial charge in [-0.05, 0) is 35.9 Å². The maximum atomic E-state index is 12.8. The molecule has 1 saturated heterocycles. The highest BCUT2D eigenvalue weighted by Gasteiger charge is 2.36. The number of furan rings is 1. The molecule has 29 heavy (non-hydrogen) atoms. The van der Waals surface area contributed by atoms with Gasteiger partial charge in [-0.1, -0.05) is 28.6 Å². The SMILES string of the molecule is C=CCOc1cc(Br)c(/C=C2\C(=O)NC(=O)N(Cc3ccco3)C2=O)cc1OC. The number of urea groups is 1. The van der Waals surface area contributed by atoms with Gasteiger partial charge in [0.05, 0.1) is 19.9 Å². The van der Waals surface area contributed by atoms with Crippen molar-refractivity contribution in [1.29, 1.82) is 0 Å². The van der Waals surface area contributed by atoms with Gasteiger partial charge in [0.15, 0.2) is 11.5 Å². The van der Waals surface area contributed by atoms with Crippen LogP contribution in [0.4, 0.5) is 4.79 Å². The maximum absolute atomic E-state index is 12.8. The Hall–Kier alpha value is -3.33. The average molecular weight is 461 g/mol. The second-order valence-electron chi connectivity index (χ2n) is 5.91. The molecule has 4 amide bonds.